The molecule has 3 N–H and O–H groups in total. The number of carbonyl (C=O) groups excluding carboxylic acids is 1. The summed E-state index contributed by atoms with van der Waals surface area (Å²) < 4.78 is 32.4. The van der Waals surface area contributed by atoms with Gasteiger partial charge in [0.25, 0.3) is 10.0 Å². The van der Waals surface area contributed by atoms with Gasteiger partial charge in [0, 0.05) is 0 Å². The number of carbonyl (C=O) groups is 1. The monoisotopic (exact) mass is 478 g/mol. The van der Waals surface area contributed by atoms with Gasteiger partial charge in [0.15, 0.2) is 11.7 Å². The maximum absolute atomic E-state index is 13.3. The van der Waals surface area contributed by atoms with Crippen LogP contribution in [0.5, 0.6) is 0 Å². The molecular formula is C23H34N4O5S. The first-order valence-corrected chi connectivity index (χ1v) is 13.4. The first-order chi connectivity index (χ1) is 15.7. The summed E-state index contributed by atoms with van der Waals surface area (Å²) in [6, 6.07) is 5.94. The molecule has 10 heteroatoms. The molecule has 2 aromatic rings. The molecule has 2 unspecified atom stereocenters. The number of aromatic nitrogens is 1. The second kappa shape index (κ2) is 11.1. The number of aliphatic hydroxyl groups excluding tert-OH is 1. The smallest absolute Gasteiger partial charge is 0.251 e. The van der Waals surface area contributed by atoms with E-state index in [2.05, 4.69) is 20.0 Å². The van der Waals surface area contributed by atoms with Crippen LogP contribution in [0.4, 0.5) is 0 Å². The minimum atomic E-state index is -3.58. The molecule has 1 heterocycles. The van der Waals surface area contributed by atoms with Crippen LogP contribution in [0.1, 0.15) is 70.8 Å². The van der Waals surface area contributed by atoms with Crippen LogP contribution in [0, 0.1) is 5.92 Å². The van der Waals surface area contributed by atoms with Gasteiger partial charge in [-0.1, -0.05) is 51.2 Å². The number of oxazole rings is 1. The Bertz CT molecular complexity index is 1040. The van der Waals surface area contributed by atoms with E-state index in [-0.39, 0.29) is 17.6 Å². The largest absolute Gasteiger partial charge is 0.438 e. The normalized spacial score (nSPS) is 18.6. The van der Waals surface area contributed by atoms with Gasteiger partial charge in [0.2, 0.25) is 11.8 Å². The highest BCUT2D eigenvalue weighted by Gasteiger charge is 2.30. The number of fused-ring (bicyclic) bond motifs is 1. The van der Waals surface area contributed by atoms with Crippen LogP contribution in [-0.2, 0) is 14.8 Å². The number of amidine groups is 1. The quantitative estimate of drug-likeness (QED) is 0.372. The molecule has 1 fully saturated rings. The van der Waals surface area contributed by atoms with Crippen molar-refractivity contribution >= 4 is 32.9 Å². The Labute approximate surface area is 195 Å². The van der Waals surface area contributed by atoms with E-state index >= 15 is 0 Å². The zero-order valence-electron chi connectivity index (χ0n) is 19.5. The van der Waals surface area contributed by atoms with E-state index in [9.17, 15) is 18.3 Å². The van der Waals surface area contributed by atoms with Crippen LogP contribution in [-0.4, -0.2) is 48.6 Å². The molecule has 1 saturated carbocycles. The van der Waals surface area contributed by atoms with Crippen molar-refractivity contribution in [2.45, 2.75) is 77.0 Å². The van der Waals surface area contributed by atoms with Gasteiger partial charge in [-0.2, -0.15) is 4.40 Å². The molecule has 1 aromatic heterocycles. The van der Waals surface area contributed by atoms with E-state index in [1.54, 1.807) is 12.1 Å². The number of para-hydroxylation sites is 2. The zero-order chi connectivity index (χ0) is 24.0. The van der Waals surface area contributed by atoms with E-state index in [0.29, 0.717) is 29.9 Å². The standard InChI is InChI=1S/C23H34N4O5S/c1-4-17(21(28)23-26-18-12-8-9-13-20(18)32-23)25-22(29)19(14-16-10-6-5-7-11-16)24-15(2)27-33(3,30)31/h8-9,12-13,16-17,19,21,28H,4-7,10-11,14H2,1-3H3,(H,24,27)(H,25,29)/t17?,19?,21-/m0/s1. The Morgan fingerprint density at radius 2 is 1.94 bits per heavy atom. The van der Waals surface area contributed by atoms with Crippen molar-refractivity contribution in [3.05, 3.63) is 30.2 Å². The minimum Gasteiger partial charge on any atom is -0.438 e. The average molecular weight is 479 g/mol. The van der Waals surface area contributed by atoms with E-state index in [1.165, 1.54) is 13.3 Å². The van der Waals surface area contributed by atoms with E-state index < -0.39 is 28.2 Å². The van der Waals surface area contributed by atoms with E-state index in [1.807, 2.05) is 19.1 Å². The maximum Gasteiger partial charge on any atom is 0.251 e. The van der Waals surface area contributed by atoms with Crippen molar-refractivity contribution in [3.8, 4) is 0 Å². The summed E-state index contributed by atoms with van der Waals surface area (Å²) in [6.07, 6.45) is 6.45. The van der Waals surface area contributed by atoms with Crippen molar-refractivity contribution in [3.63, 3.8) is 0 Å². The summed E-state index contributed by atoms with van der Waals surface area (Å²) >= 11 is 0. The highest BCUT2D eigenvalue weighted by Crippen LogP contribution is 2.28. The van der Waals surface area contributed by atoms with Gasteiger partial charge in [-0.15, -0.1) is 0 Å². The average Bonchev–Trinajstić information content (AvgIpc) is 3.20. The number of hydrogen-bond donors (Lipinski definition) is 3. The lowest BCUT2D eigenvalue weighted by molar-refractivity contribution is -0.125. The van der Waals surface area contributed by atoms with Crippen LogP contribution >= 0.6 is 0 Å². The second-order valence-corrected chi connectivity index (χ2v) is 10.5. The second-order valence-electron chi connectivity index (χ2n) is 8.83. The molecule has 182 valence electrons. The third-order valence-electron chi connectivity index (χ3n) is 6.01. The Kier molecular flexibility index (Phi) is 8.47. The Morgan fingerprint density at radius 1 is 1.24 bits per heavy atom. The fourth-order valence-corrected chi connectivity index (χ4v) is 4.94. The number of rotatable bonds is 9. The fraction of sp³-hybridized carbons (Fsp3) is 0.609. The molecule has 3 rings (SSSR count). The third-order valence-corrected chi connectivity index (χ3v) is 6.61. The lowest BCUT2D eigenvalue weighted by Gasteiger charge is -2.29. The number of nitrogens with one attached hydrogen (secondary N) is 2. The van der Waals surface area contributed by atoms with Gasteiger partial charge in [0.1, 0.15) is 17.4 Å². The Morgan fingerprint density at radius 3 is 2.58 bits per heavy atom. The predicted molar refractivity (Wildman–Crippen MR) is 127 cm³/mol. The molecule has 1 aliphatic carbocycles. The molecule has 3 atom stereocenters. The first-order valence-electron chi connectivity index (χ1n) is 11.5. The van der Waals surface area contributed by atoms with Crippen LogP contribution in [0.25, 0.3) is 11.1 Å². The van der Waals surface area contributed by atoms with Gasteiger partial charge in [-0.25, -0.2) is 13.4 Å². The summed E-state index contributed by atoms with van der Waals surface area (Å²) in [4.78, 5) is 17.6. The van der Waals surface area contributed by atoms with Crippen molar-refractivity contribution in [2.24, 2.45) is 10.3 Å². The summed E-state index contributed by atoms with van der Waals surface area (Å²) in [6.45, 7) is 3.39. The highest BCUT2D eigenvalue weighted by atomic mass is 32.2. The number of amides is 1. The summed E-state index contributed by atoms with van der Waals surface area (Å²) in [5.41, 5.74) is 1.20. The zero-order valence-corrected chi connectivity index (χ0v) is 20.3. The van der Waals surface area contributed by atoms with Gasteiger partial charge < -0.3 is 20.2 Å². The van der Waals surface area contributed by atoms with Crippen LogP contribution in [0.3, 0.4) is 0 Å². The molecular weight excluding hydrogens is 444 g/mol. The molecule has 0 saturated heterocycles. The molecule has 0 bridgehead atoms. The number of sulfonamides is 1. The topological polar surface area (TPSA) is 134 Å². The molecule has 33 heavy (non-hydrogen) atoms. The van der Waals surface area contributed by atoms with Crippen molar-refractivity contribution in [1.82, 2.24) is 15.6 Å². The minimum absolute atomic E-state index is 0.148. The highest BCUT2D eigenvalue weighted by molar-refractivity contribution is 7.89. The van der Waals surface area contributed by atoms with Crippen molar-refractivity contribution in [1.29, 1.82) is 0 Å². The molecule has 0 spiro atoms. The number of benzene rings is 1. The molecule has 0 aliphatic heterocycles. The van der Waals surface area contributed by atoms with Crippen LogP contribution in [0.2, 0.25) is 0 Å². The van der Waals surface area contributed by atoms with Gasteiger partial charge in [-0.3, -0.25) is 4.79 Å². The summed E-state index contributed by atoms with van der Waals surface area (Å²) in [5.74, 6) is 0.372. The summed E-state index contributed by atoms with van der Waals surface area (Å²) in [7, 11) is -3.58. The lowest BCUT2D eigenvalue weighted by atomic mass is 9.84. The van der Waals surface area contributed by atoms with Gasteiger partial charge >= 0.3 is 0 Å². The van der Waals surface area contributed by atoms with Gasteiger partial charge in [-0.05, 0) is 37.8 Å². The SMILES string of the molecule is CCC(NC(=O)C(CC1CCCCC1)N/C(C)=N/S(C)(=O)=O)[C@H](O)c1nc2ccccc2o1. The molecule has 9 nitrogen and oxygen atoms in total. The predicted octanol–water partition coefficient (Wildman–Crippen LogP) is 3.06. The van der Waals surface area contributed by atoms with Gasteiger partial charge in [0.05, 0.1) is 12.3 Å². The molecule has 1 aliphatic rings. The number of hydrogen-bond acceptors (Lipinski definition) is 6. The number of nitrogens with zero attached hydrogens (tertiary/aromatic N) is 2. The summed E-state index contributed by atoms with van der Waals surface area (Å²) in [5, 5.41) is 16.8. The number of aliphatic hydroxyl groups is 1. The fourth-order valence-electron chi connectivity index (χ4n) is 4.39. The van der Waals surface area contributed by atoms with Crippen LogP contribution in [0.15, 0.2) is 33.1 Å². The molecule has 0 radical (unpaired) electrons. The third kappa shape index (κ3) is 7.26. The molecule has 1 amide bonds. The van der Waals surface area contributed by atoms with Crippen LogP contribution < -0.4 is 10.6 Å². The first kappa shape index (κ1) is 25.2. The van der Waals surface area contributed by atoms with E-state index in [0.717, 1.165) is 31.9 Å². The Balaban J connectivity index is 1.75. The van der Waals surface area contributed by atoms with Crippen molar-refractivity contribution < 1.29 is 22.7 Å². The maximum atomic E-state index is 13.3. The lowest BCUT2D eigenvalue weighted by Crippen LogP contribution is -2.51. The van der Waals surface area contributed by atoms with E-state index in [4.69, 9.17) is 4.42 Å². The Hall–Kier alpha value is -2.46. The molecule has 1 aromatic carbocycles. The van der Waals surface area contributed by atoms with Crippen molar-refractivity contribution in [2.75, 3.05) is 6.26 Å².